The van der Waals surface area contributed by atoms with Gasteiger partial charge in [0.15, 0.2) is 0 Å². The molecule has 2 aromatic rings. The second kappa shape index (κ2) is 7.41. The highest BCUT2D eigenvalue weighted by Crippen LogP contribution is 2.42. The van der Waals surface area contributed by atoms with Gasteiger partial charge in [-0.1, -0.05) is 11.6 Å². The maximum atomic E-state index is 13.2. The molecule has 2 atom stereocenters. The van der Waals surface area contributed by atoms with Gasteiger partial charge in [-0.2, -0.15) is 18.3 Å². The lowest BCUT2D eigenvalue weighted by atomic mass is 9.76. The lowest BCUT2D eigenvalue weighted by Crippen LogP contribution is -2.51. The molecular formula is C21H23ClF3N5O. The maximum Gasteiger partial charge on any atom is 0.416 e. The zero-order chi connectivity index (χ0) is 21.8. The van der Waals surface area contributed by atoms with E-state index in [1.54, 1.807) is 10.9 Å². The van der Waals surface area contributed by atoms with Crippen molar-refractivity contribution < 1.29 is 18.0 Å². The number of fused-ring (bicyclic) bond motifs is 1. The van der Waals surface area contributed by atoms with E-state index in [4.69, 9.17) is 11.6 Å². The van der Waals surface area contributed by atoms with Gasteiger partial charge in [-0.15, -0.1) is 0 Å². The van der Waals surface area contributed by atoms with Crippen LogP contribution in [0.25, 0.3) is 0 Å². The predicted octanol–water partition coefficient (Wildman–Crippen LogP) is 3.73. The summed E-state index contributed by atoms with van der Waals surface area (Å²) in [6.45, 7) is 4.03. The average molecular weight is 454 g/mol. The van der Waals surface area contributed by atoms with Crippen LogP contribution in [0.1, 0.15) is 24.8 Å². The number of rotatable bonds is 4. The summed E-state index contributed by atoms with van der Waals surface area (Å²) in [5, 5.41) is 10.5. The van der Waals surface area contributed by atoms with Crippen molar-refractivity contribution >= 4 is 28.9 Å². The van der Waals surface area contributed by atoms with Crippen LogP contribution >= 0.6 is 11.6 Å². The van der Waals surface area contributed by atoms with Gasteiger partial charge in [0.05, 0.1) is 28.2 Å². The number of carbonyl (C=O) groups excluding carboxylic acids is 1. The van der Waals surface area contributed by atoms with E-state index in [0.717, 1.165) is 50.4 Å². The van der Waals surface area contributed by atoms with Gasteiger partial charge >= 0.3 is 6.18 Å². The highest BCUT2D eigenvalue weighted by molar-refractivity contribution is 6.33. The summed E-state index contributed by atoms with van der Waals surface area (Å²) in [5.74, 6) is 0.981. The van der Waals surface area contributed by atoms with Crippen LogP contribution < -0.4 is 15.5 Å². The van der Waals surface area contributed by atoms with E-state index in [-0.39, 0.29) is 16.6 Å². The molecule has 0 bridgehead atoms. The molecule has 3 heterocycles. The Hall–Kier alpha value is -2.26. The smallest absolute Gasteiger partial charge is 0.368 e. The van der Waals surface area contributed by atoms with E-state index in [0.29, 0.717) is 24.7 Å². The quantitative estimate of drug-likeness (QED) is 0.740. The number of hydrogen-bond acceptors (Lipinski definition) is 4. The number of nitrogens with one attached hydrogen (secondary N) is 2. The van der Waals surface area contributed by atoms with Gasteiger partial charge in [0.1, 0.15) is 5.54 Å². The number of aromatic nitrogens is 2. The van der Waals surface area contributed by atoms with Gasteiger partial charge in [-0.3, -0.25) is 9.48 Å². The van der Waals surface area contributed by atoms with Crippen LogP contribution in [0.4, 0.5) is 24.5 Å². The van der Waals surface area contributed by atoms with Gasteiger partial charge in [-0.25, -0.2) is 0 Å². The molecule has 6 nitrogen and oxygen atoms in total. The van der Waals surface area contributed by atoms with Crippen LogP contribution in [0.2, 0.25) is 5.02 Å². The molecule has 2 N–H and O–H groups in total. The van der Waals surface area contributed by atoms with Crippen LogP contribution in [0.15, 0.2) is 30.6 Å². The molecule has 0 radical (unpaired) electrons. The number of anilines is 2. The topological polar surface area (TPSA) is 62.2 Å². The number of hydrogen-bond donors (Lipinski definition) is 2. The first-order valence-corrected chi connectivity index (χ1v) is 10.8. The van der Waals surface area contributed by atoms with E-state index in [2.05, 4.69) is 20.6 Å². The molecule has 2 saturated heterocycles. The fourth-order valence-corrected chi connectivity index (χ4v) is 5.11. The summed E-state index contributed by atoms with van der Waals surface area (Å²) >= 11 is 6.02. The Kier molecular flexibility index (Phi) is 4.93. The van der Waals surface area contributed by atoms with Crippen molar-refractivity contribution in [2.45, 2.75) is 31.0 Å². The lowest BCUT2D eigenvalue weighted by molar-refractivity contribution is -0.137. The van der Waals surface area contributed by atoms with Crippen LogP contribution in [-0.2, 0) is 16.5 Å². The van der Waals surface area contributed by atoms with E-state index in [1.165, 1.54) is 6.07 Å². The highest BCUT2D eigenvalue weighted by Gasteiger charge is 2.47. The Morgan fingerprint density at radius 3 is 2.52 bits per heavy atom. The maximum absolute atomic E-state index is 13.2. The Labute approximate surface area is 182 Å². The molecule has 31 heavy (non-hydrogen) atoms. The normalized spacial score (nSPS) is 24.7. The Morgan fingerprint density at radius 2 is 1.94 bits per heavy atom. The summed E-state index contributed by atoms with van der Waals surface area (Å²) in [6, 6.07) is 2.94. The second-order valence-electron chi connectivity index (χ2n) is 8.76. The minimum absolute atomic E-state index is 0.143. The summed E-state index contributed by atoms with van der Waals surface area (Å²) in [7, 11) is 0. The molecule has 3 fully saturated rings. The van der Waals surface area contributed by atoms with E-state index in [9.17, 15) is 18.0 Å². The number of halogens is 4. The van der Waals surface area contributed by atoms with Crippen molar-refractivity contribution in [1.82, 2.24) is 15.1 Å². The first-order valence-electron chi connectivity index (χ1n) is 10.5. The van der Waals surface area contributed by atoms with Crippen molar-refractivity contribution in [1.29, 1.82) is 0 Å². The number of benzene rings is 1. The molecule has 1 saturated carbocycles. The molecule has 1 aromatic heterocycles. The molecule has 5 rings (SSSR count). The fraction of sp³-hybridized carbons (Fsp3) is 0.524. The summed E-state index contributed by atoms with van der Waals surface area (Å²) in [6.07, 6.45) is 1.34. The third-order valence-corrected chi connectivity index (χ3v) is 7.22. The molecule has 3 aliphatic rings. The van der Waals surface area contributed by atoms with Crippen molar-refractivity contribution in [2.75, 3.05) is 36.4 Å². The summed E-state index contributed by atoms with van der Waals surface area (Å²) < 4.78 is 40.3. The largest absolute Gasteiger partial charge is 0.416 e. The number of amides is 1. The molecule has 1 amide bonds. The molecule has 0 unspecified atom stereocenters. The van der Waals surface area contributed by atoms with E-state index < -0.39 is 17.3 Å². The SMILES string of the molecule is O=C(Nc1ccc(C(F)(F)F)cc1Cl)C1(n2cc(N3C[C@H]4CNC[C@H]4C3)cn2)CCC1. The average Bonchev–Trinajstić information content (AvgIpc) is 3.37. The van der Waals surface area contributed by atoms with Gasteiger partial charge in [0, 0.05) is 32.4 Å². The first kappa shape index (κ1) is 20.6. The number of nitrogens with zero attached hydrogens (tertiary/aromatic N) is 3. The zero-order valence-electron chi connectivity index (χ0n) is 16.8. The predicted molar refractivity (Wildman–Crippen MR) is 111 cm³/mol. The van der Waals surface area contributed by atoms with Crippen LogP contribution in [0.3, 0.4) is 0 Å². The molecule has 10 heteroatoms. The van der Waals surface area contributed by atoms with Gasteiger partial charge in [0.25, 0.3) is 5.91 Å². The monoisotopic (exact) mass is 453 g/mol. The fourth-order valence-electron chi connectivity index (χ4n) is 4.88. The van der Waals surface area contributed by atoms with Crippen LogP contribution in [0.5, 0.6) is 0 Å². The third kappa shape index (κ3) is 3.57. The van der Waals surface area contributed by atoms with Crippen molar-refractivity contribution in [2.24, 2.45) is 11.8 Å². The Bertz CT molecular complexity index is 991. The number of carbonyl (C=O) groups is 1. The first-order chi connectivity index (χ1) is 14.8. The van der Waals surface area contributed by atoms with E-state index in [1.807, 2.05) is 6.20 Å². The second-order valence-corrected chi connectivity index (χ2v) is 9.17. The molecule has 1 aliphatic carbocycles. The Balaban J connectivity index is 1.33. The number of alkyl halides is 3. The van der Waals surface area contributed by atoms with Crippen molar-refractivity contribution in [3.05, 3.63) is 41.2 Å². The van der Waals surface area contributed by atoms with Crippen LogP contribution in [0, 0.1) is 11.8 Å². The molecule has 2 aliphatic heterocycles. The van der Waals surface area contributed by atoms with Gasteiger partial charge in [0.2, 0.25) is 0 Å². The highest BCUT2D eigenvalue weighted by atomic mass is 35.5. The minimum atomic E-state index is -4.49. The Morgan fingerprint density at radius 1 is 1.23 bits per heavy atom. The minimum Gasteiger partial charge on any atom is -0.368 e. The van der Waals surface area contributed by atoms with Crippen molar-refractivity contribution in [3.63, 3.8) is 0 Å². The van der Waals surface area contributed by atoms with Crippen LogP contribution in [-0.4, -0.2) is 41.9 Å². The lowest BCUT2D eigenvalue weighted by Gasteiger charge is -2.40. The molecule has 166 valence electrons. The van der Waals surface area contributed by atoms with E-state index >= 15 is 0 Å². The standard InChI is InChI=1S/C21H23ClF3N5O/c22-17-6-15(21(23,24)25)2-3-18(17)28-19(31)20(4-1-5-20)30-12-16(9-27-30)29-10-13-7-26-8-14(13)11-29/h2-3,6,9,12-14,26H,1,4-5,7-8,10-11H2,(H,28,31)/t13-,14+. The summed E-state index contributed by atoms with van der Waals surface area (Å²) in [4.78, 5) is 15.5. The molecule has 0 spiro atoms. The van der Waals surface area contributed by atoms with Gasteiger partial charge in [-0.05, 0) is 49.3 Å². The third-order valence-electron chi connectivity index (χ3n) is 6.91. The molecular weight excluding hydrogens is 431 g/mol. The summed E-state index contributed by atoms with van der Waals surface area (Å²) in [5.41, 5.74) is -0.531. The zero-order valence-corrected chi connectivity index (χ0v) is 17.5. The molecule has 1 aromatic carbocycles. The van der Waals surface area contributed by atoms with Gasteiger partial charge < -0.3 is 15.5 Å². The van der Waals surface area contributed by atoms with Crippen molar-refractivity contribution in [3.8, 4) is 0 Å².